The fourth-order valence-corrected chi connectivity index (χ4v) is 4.61. The number of hydrogen-bond donors (Lipinski definition) is 3. The van der Waals surface area contributed by atoms with Gasteiger partial charge in [-0.15, -0.1) is 11.8 Å². The Morgan fingerprint density at radius 2 is 2.10 bits per heavy atom. The SMILES string of the molecule is Nc1nc(C(=NOc2ccc(Cl)cc2)C(=O)NC2C(=O)N3C(C(=O)O)=CCS[C@@H]23)ns1. The summed E-state index contributed by atoms with van der Waals surface area (Å²) in [6.07, 6.45) is 1.45. The van der Waals surface area contributed by atoms with Gasteiger partial charge in [-0.25, -0.2) is 4.79 Å². The number of β-lactam (4-membered cyclic amide) rings is 1. The van der Waals surface area contributed by atoms with Gasteiger partial charge in [-0.05, 0) is 30.3 Å². The summed E-state index contributed by atoms with van der Waals surface area (Å²) in [6.45, 7) is 0. The number of carboxylic acid groups (broad SMARTS) is 1. The number of oxime groups is 1. The van der Waals surface area contributed by atoms with Crippen molar-refractivity contribution in [2.24, 2.45) is 5.16 Å². The Morgan fingerprint density at radius 3 is 2.74 bits per heavy atom. The molecule has 3 heterocycles. The van der Waals surface area contributed by atoms with Gasteiger partial charge in [0.1, 0.15) is 17.1 Å². The molecule has 0 bridgehead atoms. The topological polar surface area (TPSA) is 160 Å². The minimum absolute atomic E-state index is 0.0694. The summed E-state index contributed by atoms with van der Waals surface area (Å²) >= 11 is 8.03. The zero-order valence-corrected chi connectivity index (χ0v) is 17.8. The molecule has 160 valence electrons. The van der Waals surface area contributed by atoms with Gasteiger partial charge < -0.3 is 21.0 Å². The predicted molar refractivity (Wildman–Crippen MR) is 114 cm³/mol. The van der Waals surface area contributed by atoms with E-state index >= 15 is 0 Å². The lowest BCUT2D eigenvalue weighted by atomic mass is 10.0. The van der Waals surface area contributed by atoms with Crippen LogP contribution in [0.15, 0.2) is 41.2 Å². The molecule has 0 saturated carbocycles. The van der Waals surface area contributed by atoms with E-state index in [1.807, 2.05) is 0 Å². The Labute approximate surface area is 188 Å². The summed E-state index contributed by atoms with van der Waals surface area (Å²) in [6, 6.07) is 5.34. The van der Waals surface area contributed by atoms with Crippen LogP contribution in [0.4, 0.5) is 5.13 Å². The Balaban J connectivity index is 1.54. The summed E-state index contributed by atoms with van der Waals surface area (Å²) in [7, 11) is 0. The van der Waals surface area contributed by atoms with E-state index in [2.05, 4.69) is 19.8 Å². The molecule has 11 nitrogen and oxygen atoms in total. The largest absolute Gasteiger partial charge is 0.477 e. The van der Waals surface area contributed by atoms with Crippen LogP contribution in [0.2, 0.25) is 5.02 Å². The average molecular weight is 481 g/mol. The monoisotopic (exact) mass is 480 g/mol. The number of anilines is 1. The van der Waals surface area contributed by atoms with Gasteiger partial charge in [-0.1, -0.05) is 16.8 Å². The smallest absolute Gasteiger partial charge is 0.352 e. The molecular weight excluding hydrogens is 468 g/mol. The molecule has 0 spiro atoms. The molecule has 0 aliphatic carbocycles. The van der Waals surface area contributed by atoms with Gasteiger partial charge in [0.25, 0.3) is 11.8 Å². The van der Waals surface area contributed by atoms with Crippen molar-refractivity contribution in [2.45, 2.75) is 11.4 Å². The first-order valence-corrected chi connectivity index (χ1v) is 10.8. The van der Waals surface area contributed by atoms with E-state index in [1.165, 1.54) is 17.8 Å². The number of hydrogen-bond acceptors (Lipinski definition) is 10. The second-order valence-corrected chi connectivity index (χ2v) is 8.59. The van der Waals surface area contributed by atoms with Crippen LogP contribution in [0.1, 0.15) is 5.82 Å². The van der Waals surface area contributed by atoms with Crippen molar-refractivity contribution in [1.82, 2.24) is 19.6 Å². The first kappa shape index (κ1) is 21.1. The lowest BCUT2D eigenvalue weighted by molar-refractivity contribution is -0.150. The molecule has 2 atom stereocenters. The highest BCUT2D eigenvalue weighted by Crippen LogP contribution is 2.37. The van der Waals surface area contributed by atoms with Crippen molar-refractivity contribution in [2.75, 3.05) is 11.5 Å². The Morgan fingerprint density at radius 1 is 1.35 bits per heavy atom. The molecule has 0 radical (unpaired) electrons. The van der Waals surface area contributed by atoms with Crippen molar-refractivity contribution < 1.29 is 24.3 Å². The Kier molecular flexibility index (Phi) is 5.80. The van der Waals surface area contributed by atoms with E-state index in [9.17, 15) is 19.5 Å². The number of halogens is 1. The third kappa shape index (κ3) is 4.19. The highest BCUT2D eigenvalue weighted by Gasteiger charge is 2.53. The molecule has 1 saturated heterocycles. The van der Waals surface area contributed by atoms with E-state index in [0.29, 0.717) is 16.5 Å². The molecule has 31 heavy (non-hydrogen) atoms. The number of carbonyl (C=O) groups is 3. The normalized spacial score (nSPS) is 20.4. The molecule has 1 unspecified atom stereocenters. The third-order valence-corrected chi connectivity index (χ3v) is 6.25. The number of benzene rings is 1. The molecule has 14 heteroatoms. The summed E-state index contributed by atoms with van der Waals surface area (Å²) in [5.41, 5.74) is 5.22. The maximum absolute atomic E-state index is 12.9. The first-order chi connectivity index (χ1) is 14.8. The van der Waals surface area contributed by atoms with Gasteiger partial charge in [0.15, 0.2) is 10.9 Å². The maximum Gasteiger partial charge on any atom is 0.352 e. The lowest BCUT2D eigenvalue weighted by Crippen LogP contribution is -2.70. The van der Waals surface area contributed by atoms with Crippen molar-refractivity contribution in [1.29, 1.82) is 0 Å². The quantitative estimate of drug-likeness (QED) is 0.310. The molecule has 1 aromatic carbocycles. The van der Waals surface area contributed by atoms with Gasteiger partial charge in [-0.2, -0.15) is 9.36 Å². The van der Waals surface area contributed by atoms with Crippen LogP contribution >= 0.6 is 34.9 Å². The fourth-order valence-electron chi connectivity index (χ4n) is 2.86. The molecule has 1 aromatic heterocycles. The van der Waals surface area contributed by atoms with E-state index in [4.69, 9.17) is 22.2 Å². The van der Waals surface area contributed by atoms with Crippen LogP contribution in [0.3, 0.4) is 0 Å². The minimum atomic E-state index is -1.20. The van der Waals surface area contributed by atoms with Gasteiger partial charge in [0.05, 0.1) is 0 Å². The van der Waals surface area contributed by atoms with E-state index < -0.39 is 29.2 Å². The molecule has 2 aromatic rings. The number of nitrogen functional groups attached to an aromatic ring is 1. The summed E-state index contributed by atoms with van der Waals surface area (Å²) < 4.78 is 3.98. The number of nitrogens with one attached hydrogen (secondary N) is 1. The molecule has 4 N–H and O–H groups in total. The summed E-state index contributed by atoms with van der Waals surface area (Å²) in [5.74, 6) is -1.88. The minimum Gasteiger partial charge on any atom is -0.477 e. The van der Waals surface area contributed by atoms with Crippen molar-refractivity contribution in [3.05, 3.63) is 46.9 Å². The highest BCUT2D eigenvalue weighted by molar-refractivity contribution is 8.00. The number of amides is 2. The van der Waals surface area contributed by atoms with Crippen molar-refractivity contribution in [3.63, 3.8) is 0 Å². The number of fused-ring (bicyclic) bond motifs is 1. The number of carbonyl (C=O) groups excluding carboxylic acids is 2. The maximum atomic E-state index is 12.9. The molecular formula is C17H13ClN6O5S2. The lowest BCUT2D eigenvalue weighted by Gasteiger charge is -2.48. The van der Waals surface area contributed by atoms with E-state index in [-0.39, 0.29) is 22.4 Å². The number of aromatic nitrogens is 2. The van der Waals surface area contributed by atoms with E-state index in [0.717, 1.165) is 16.4 Å². The number of rotatable bonds is 6. The average Bonchev–Trinajstić information content (AvgIpc) is 3.18. The number of carboxylic acids is 1. The third-order valence-electron chi connectivity index (χ3n) is 4.28. The van der Waals surface area contributed by atoms with Crippen LogP contribution < -0.4 is 15.9 Å². The number of nitrogens with two attached hydrogens (primary N) is 1. The van der Waals surface area contributed by atoms with Gasteiger partial charge >= 0.3 is 5.97 Å². The zero-order valence-electron chi connectivity index (χ0n) is 15.4. The van der Waals surface area contributed by atoms with E-state index in [1.54, 1.807) is 24.3 Å². The van der Waals surface area contributed by atoms with Crippen LogP contribution in [-0.4, -0.2) is 60.0 Å². The number of nitrogens with zero attached hydrogens (tertiary/aromatic N) is 4. The van der Waals surface area contributed by atoms with Crippen LogP contribution in [-0.2, 0) is 14.4 Å². The second kappa shape index (κ2) is 8.53. The highest BCUT2D eigenvalue weighted by atomic mass is 35.5. The summed E-state index contributed by atoms with van der Waals surface area (Å²) in [5, 5.41) is 15.7. The first-order valence-electron chi connectivity index (χ1n) is 8.64. The number of thioether (sulfide) groups is 1. The molecule has 4 rings (SSSR count). The van der Waals surface area contributed by atoms with Crippen molar-refractivity contribution >= 4 is 63.5 Å². The molecule has 2 aliphatic rings. The van der Waals surface area contributed by atoms with Crippen LogP contribution in [0.5, 0.6) is 5.75 Å². The molecule has 2 aliphatic heterocycles. The van der Waals surface area contributed by atoms with Gasteiger partial charge in [0.2, 0.25) is 11.5 Å². The van der Waals surface area contributed by atoms with Gasteiger partial charge in [0, 0.05) is 22.3 Å². The standard InChI is InChI=1S/C17H13ClN6O5S2/c18-7-1-3-8(4-2-7)29-22-10(12-21-17(19)31-23-12)13(25)20-11-14(26)24-9(16(27)28)5-6-30-15(11)24/h1-5,11,15H,6H2,(H,20,25)(H,27,28)(H2,19,21,23)/t11?,15-/m0/s1. The molecule has 1 fully saturated rings. The Hall–Kier alpha value is -3.16. The predicted octanol–water partition coefficient (Wildman–Crippen LogP) is 0.925. The Bertz CT molecular complexity index is 1120. The second-order valence-electron chi connectivity index (χ2n) is 6.22. The summed E-state index contributed by atoms with van der Waals surface area (Å²) in [4.78, 5) is 47.1. The zero-order chi connectivity index (χ0) is 22.1. The number of aliphatic carboxylic acids is 1. The van der Waals surface area contributed by atoms with Gasteiger partial charge in [-0.3, -0.25) is 14.5 Å². The van der Waals surface area contributed by atoms with Crippen LogP contribution in [0, 0.1) is 0 Å². The molecule has 2 amide bonds. The fraction of sp³-hybridized carbons (Fsp3) is 0.176. The van der Waals surface area contributed by atoms with Crippen LogP contribution in [0.25, 0.3) is 0 Å². The van der Waals surface area contributed by atoms with Crippen molar-refractivity contribution in [3.8, 4) is 5.75 Å².